The lowest BCUT2D eigenvalue weighted by Gasteiger charge is -2.32. The molecule has 1 aliphatic rings. The lowest BCUT2D eigenvalue weighted by atomic mass is 10.1. The van der Waals surface area contributed by atoms with E-state index in [4.69, 9.17) is 4.74 Å². The van der Waals surface area contributed by atoms with E-state index in [0.717, 1.165) is 17.0 Å². The van der Waals surface area contributed by atoms with Crippen LogP contribution in [-0.4, -0.2) is 75.4 Å². The minimum Gasteiger partial charge on any atom is -0.489 e. The summed E-state index contributed by atoms with van der Waals surface area (Å²) in [5.41, 5.74) is 4.89. The Morgan fingerprint density at radius 1 is 1.15 bits per heavy atom. The summed E-state index contributed by atoms with van der Waals surface area (Å²) in [6.07, 6.45) is -1.04. The van der Waals surface area contributed by atoms with Gasteiger partial charge in [-0.25, -0.2) is 15.0 Å². The van der Waals surface area contributed by atoms with Crippen molar-refractivity contribution in [2.45, 2.75) is 31.9 Å². The number of nitriles is 1. The number of nitrogens with one attached hydrogen (secondary N) is 1. The van der Waals surface area contributed by atoms with Crippen LogP contribution in [0.2, 0.25) is 0 Å². The lowest BCUT2D eigenvalue weighted by Crippen LogP contribution is -2.44. The molecule has 0 radical (unpaired) electrons. The topological polar surface area (TPSA) is 111 Å². The van der Waals surface area contributed by atoms with E-state index in [0.29, 0.717) is 52.4 Å². The highest BCUT2D eigenvalue weighted by Crippen LogP contribution is 2.31. The van der Waals surface area contributed by atoms with Crippen LogP contribution in [0.4, 0.5) is 8.78 Å². The highest BCUT2D eigenvalue weighted by Gasteiger charge is 2.29. The van der Waals surface area contributed by atoms with Gasteiger partial charge in [-0.15, -0.1) is 0 Å². The number of ether oxygens (including phenoxy) is 1. The van der Waals surface area contributed by atoms with E-state index < -0.39 is 12.3 Å². The van der Waals surface area contributed by atoms with Gasteiger partial charge in [0.25, 0.3) is 5.91 Å². The smallest absolute Gasteiger partial charge is 0.315 e. The molecule has 9 nitrogen and oxygen atoms in total. The molecule has 0 bridgehead atoms. The van der Waals surface area contributed by atoms with Crippen LogP contribution in [-0.2, 0) is 11.3 Å². The van der Waals surface area contributed by atoms with Gasteiger partial charge in [-0.05, 0) is 37.9 Å². The average Bonchev–Trinajstić information content (AvgIpc) is 3.38. The number of hydrogen-bond acceptors (Lipinski definition) is 7. The van der Waals surface area contributed by atoms with Gasteiger partial charge >= 0.3 is 6.43 Å². The fourth-order valence-corrected chi connectivity index (χ4v) is 4.70. The summed E-state index contributed by atoms with van der Waals surface area (Å²) in [4.78, 5) is 31.5. The first-order valence-electron chi connectivity index (χ1n) is 12.5. The lowest BCUT2D eigenvalue weighted by molar-refractivity contribution is -0.144. The third-order valence-corrected chi connectivity index (χ3v) is 6.62. The highest BCUT2D eigenvalue weighted by molar-refractivity contribution is 5.89. The normalized spacial score (nSPS) is 14.2. The predicted octanol–water partition coefficient (Wildman–Crippen LogP) is 4.26. The molecule has 0 saturated carbocycles. The Morgan fingerprint density at radius 2 is 1.87 bits per heavy atom. The number of imidazole rings is 1. The van der Waals surface area contributed by atoms with E-state index in [1.807, 2.05) is 32.3 Å². The number of halogens is 2. The Balaban J connectivity index is 1.36. The van der Waals surface area contributed by atoms with Crippen molar-refractivity contribution >= 4 is 17.1 Å². The Kier molecular flexibility index (Phi) is 7.47. The quantitative estimate of drug-likeness (QED) is 0.379. The molecule has 200 valence electrons. The second kappa shape index (κ2) is 11.1. The molecule has 0 aliphatic carbocycles. The zero-order valence-corrected chi connectivity index (χ0v) is 21.6. The highest BCUT2D eigenvalue weighted by atomic mass is 19.3. The molecule has 1 fully saturated rings. The Bertz CT molecular complexity index is 1520. The average molecular weight is 532 g/mol. The minimum absolute atomic E-state index is 0.188. The molecule has 1 amide bonds. The summed E-state index contributed by atoms with van der Waals surface area (Å²) in [7, 11) is 4.05. The van der Waals surface area contributed by atoms with Crippen molar-refractivity contribution in [1.82, 2.24) is 29.7 Å². The van der Waals surface area contributed by atoms with Crippen LogP contribution in [0.3, 0.4) is 0 Å². The number of benzene rings is 2. The van der Waals surface area contributed by atoms with Crippen LogP contribution < -0.4 is 4.74 Å². The zero-order chi connectivity index (χ0) is 27.5. The summed E-state index contributed by atoms with van der Waals surface area (Å²) < 4.78 is 31.4. The fraction of sp³-hybridized carbons (Fsp3) is 0.321. The molecule has 2 aromatic carbocycles. The Morgan fingerprint density at radius 3 is 2.54 bits per heavy atom. The van der Waals surface area contributed by atoms with Crippen molar-refractivity contribution in [2.24, 2.45) is 0 Å². The van der Waals surface area contributed by atoms with Crippen LogP contribution in [0.15, 0.2) is 48.8 Å². The number of amides is 1. The van der Waals surface area contributed by atoms with Gasteiger partial charge in [0, 0.05) is 43.6 Å². The summed E-state index contributed by atoms with van der Waals surface area (Å²) in [5.74, 6) is -0.0939. The Hall–Kier alpha value is -4.43. The molecule has 2 aromatic heterocycles. The van der Waals surface area contributed by atoms with Crippen LogP contribution in [0, 0.1) is 11.3 Å². The molecule has 0 spiro atoms. The van der Waals surface area contributed by atoms with Gasteiger partial charge in [-0.2, -0.15) is 14.0 Å². The van der Waals surface area contributed by atoms with E-state index in [1.165, 1.54) is 11.9 Å². The predicted molar refractivity (Wildman–Crippen MR) is 141 cm³/mol. The summed E-state index contributed by atoms with van der Waals surface area (Å²) >= 11 is 0. The number of alkyl halides is 2. The van der Waals surface area contributed by atoms with Gasteiger partial charge in [0.2, 0.25) is 0 Å². The van der Waals surface area contributed by atoms with Crippen LogP contribution >= 0.6 is 0 Å². The van der Waals surface area contributed by atoms with Crippen molar-refractivity contribution in [2.75, 3.05) is 27.2 Å². The number of aromatic nitrogens is 4. The molecule has 1 saturated heterocycles. The second-order valence-corrected chi connectivity index (χ2v) is 9.71. The first-order chi connectivity index (χ1) is 18.8. The van der Waals surface area contributed by atoms with Crippen molar-refractivity contribution in [1.29, 1.82) is 5.26 Å². The number of nitrogens with zero attached hydrogens (tertiary/aromatic N) is 6. The molecule has 1 N–H and O–H groups in total. The zero-order valence-electron chi connectivity index (χ0n) is 21.6. The standard InChI is InChI=1S/C28H27F2N7O2/c1-36(2)15-17-3-5-18(6-4-17)26-34-24-23(32-16-33-27(24)35-26)19-7-8-22(20(13-19)14-31)39-21-9-11-37(12-10-21)28(38)25(29)30/h3-8,13,16,21,25H,9-12,15H2,1-2H3,(H,32,33,34,35). The molecule has 3 heterocycles. The second-order valence-electron chi connectivity index (χ2n) is 9.71. The maximum absolute atomic E-state index is 12.7. The number of rotatable bonds is 7. The number of hydrogen-bond donors (Lipinski definition) is 1. The molecule has 0 unspecified atom stereocenters. The first kappa shape index (κ1) is 26.2. The van der Waals surface area contributed by atoms with Crippen LogP contribution in [0.25, 0.3) is 33.8 Å². The monoisotopic (exact) mass is 531 g/mol. The summed E-state index contributed by atoms with van der Waals surface area (Å²) in [5, 5.41) is 9.82. The Labute approximate surface area is 224 Å². The van der Waals surface area contributed by atoms with E-state index in [2.05, 4.69) is 43.0 Å². The van der Waals surface area contributed by atoms with Gasteiger partial charge in [-0.1, -0.05) is 24.3 Å². The largest absolute Gasteiger partial charge is 0.489 e. The van der Waals surface area contributed by atoms with E-state index >= 15 is 0 Å². The van der Waals surface area contributed by atoms with E-state index in [9.17, 15) is 18.8 Å². The SMILES string of the molecule is CN(C)Cc1ccc(-c2nc3ncnc(-c4ccc(OC5CCN(C(=O)C(F)F)CC5)c(C#N)c4)c3[nH]2)cc1. The molecular formula is C28H27F2N7O2. The summed E-state index contributed by atoms with van der Waals surface area (Å²) in [6.45, 7) is 1.22. The minimum atomic E-state index is -3.01. The van der Waals surface area contributed by atoms with Crippen LogP contribution in [0.1, 0.15) is 24.0 Å². The van der Waals surface area contributed by atoms with E-state index in [1.54, 1.807) is 12.1 Å². The molecular weight excluding hydrogens is 504 g/mol. The first-order valence-corrected chi connectivity index (χ1v) is 12.5. The summed E-state index contributed by atoms with van der Waals surface area (Å²) in [6, 6.07) is 15.5. The van der Waals surface area contributed by atoms with Crippen molar-refractivity contribution in [3.63, 3.8) is 0 Å². The van der Waals surface area contributed by atoms with Crippen LogP contribution in [0.5, 0.6) is 5.75 Å². The molecule has 39 heavy (non-hydrogen) atoms. The fourth-order valence-electron chi connectivity index (χ4n) is 4.70. The number of aromatic amines is 1. The molecule has 0 atom stereocenters. The third-order valence-electron chi connectivity index (χ3n) is 6.62. The third kappa shape index (κ3) is 5.71. The molecule has 1 aliphatic heterocycles. The van der Waals surface area contributed by atoms with Crippen molar-refractivity contribution in [3.8, 4) is 34.5 Å². The number of H-pyrrole nitrogens is 1. The number of carbonyl (C=O) groups excluding carboxylic acids is 1. The van der Waals surface area contributed by atoms with Crippen molar-refractivity contribution < 1.29 is 18.3 Å². The maximum Gasteiger partial charge on any atom is 0.315 e. The van der Waals surface area contributed by atoms with Gasteiger partial charge in [0.15, 0.2) is 5.65 Å². The van der Waals surface area contributed by atoms with Gasteiger partial charge in [-0.3, -0.25) is 4.79 Å². The molecule has 4 aromatic rings. The number of carbonyl (C=O) groups is 1. The molecule has 5 rings (SSSR count). The van der Waals surface area contributed by atoms with Gasteiger partial charge in [0.05, 0.1) is 11.3 Å². The van der Waals surface area contributed by atoms with Gasteiger partial charge in [0.1, 0.15) is 35.6 Å². The van der Waals surface area contributed by atoms with Crippen molar-refractivity contribution in [3.05, 3.63) is 59.9 Å². The number of likely N-dealkylation sites (tertiary alicyclic amines) is 1. The number of piperidine rings is 1. The number of fused-ring (bicyclic) bond motifs is 1. The van der Waals surface area contributed by atoms with Gasteiger partial charge < -0.3 is 19.5 Å². The van der Waals surface area contributed by atoms with E-state index in [-0.39, 0.29) is 19.2 Å². The maximum atomic E-state index is 12.7. The molecule has 11 heteroatoms.